The van der Waals surface area contributed by atoms with E-state index in [0.717, 1.165) is 0 Å². The number of ether oxygens (including phenoxy) is 1. The monoisotopic (exact) mass is 259 g/mol. The molecule has 2 N–H and O–H groups in total. The van der Waals surface area contributed by atoms with E-state index < -0.39 is 6.09 Å². The van der Waals surface area contributed by atoms with Crippen molar-refractivity contribution in [1.82, 2.24) is 0 Å². The Balaban J connectivity index is 3.39. The molecule has 0 heterocycles. The van der Waals surface area contributed by atoms with Crippen LogP contribution < -0.4 is 5.73 Å². The Labute approximate surface area is 70.2 Å². The molecule has 0 atom stereocenters. The molecule has 0 aromatic heterocycles. The van der Waals surface area contributed by atoms with Gasteiger partial charge in [0, 0.05) is 0 Å². The molecule has 5 heteroatoms. The lowest BCUT2D eigenvalue weighted by Gasteiger charge is -2.11. The first-order valence-electron chi connectivity index (χ1n) is 2.22. The first kappa shape index (κ1) is 9.23. The normalized spacial score (nSPS) is 11.0. The summed E-state index contributed by atoms with van der Waals surface area (Å²) in [5.74, 6) is 0. The SMILES string of the molecule is CC(Br)(Br)COC(N)=O. The van der Waals surface area contributed by atoms with Crippen molar-refractivity contribution in [2.24, 2.45) is 5.73 Å². The van der Waals surface area contributed by atoms with Gasteiger partial charge in [-0.25, -0.2) is 4.79 Å². The number of carbonyl (C=O) groups excluding carboxylic acids is 1. The van der Waals surface area contributed by atoms with E-state index in [1.54, 1.807) is 6.92 Å². The number of halogens is 2. The van der Waals surface area contributed by atoms with Gasteiger partial charge in [-0.1, -0.05) is 31.9 Å². The van der Waals surface area contributed by atoms with Crippen LogP contribution in [0.4, 0.5) is 4.79 Å². The van der Waals surface area contributed by atoms with E-state index in [0.29, 0.717) is 0 Å². The molecule has 0 rings (SSSR count). The molecule has 1 amide bonds. The van der Waals surface area contributed by atoms with E-state index >= 15 is 0 Å². The van der Waals surface area contributed by atoms with E-state index in [-0.39, 0.29) is 9.84 Å². The van der Waals surface area contributed by atoms with Gasteiger partial charge in [0.1, 0.15) is 9.84 Å². The lowest BCUT2D eigenvalue weighted by atomic mass is 10.5. The Hall–Kier alpha value is 0.230. The number of carbonyl (C=O) groups is 1. The molecule has 54 valence electrons. The highest BCUT2D eigenvalue weighted by Crippen LogP contribution is 2.24. The van der Waals surface area contributed by atoms with Gasteiger partial charge in [0.05, 0.1) is 0 Å². The Morgan fingerprint density at radius 1 is 1.78 bits per heavy atom. The van der Waals surface area contributed by atoms with Crippen molar-refractivity contribution in [3.8, 4) is 0 Å². The summed E-state index contributed by atoms with van der Waals surface area (Å²) in [6, 6.07) is 0. The molecule has 0 unspecified atom stereocenters. The predicted octanol–water partition coefficient (Wildman–Crippen LogP) is 1.59. The number of nitrogens with two attached hydrogens (primary N) is 1. The average molecular weight is 261 g/mol. The summed E-state index contributed by atoms with van der Waals surface area (Å²) in [5.41, 5.74) is 4.70. The Kier molecular flexibility index (Phi) is 3.50. The summed E-state index contributed by atoms with van der Waals surface area (Å²) >= 11 is 6.38. The van der Waals surface area contributed by atoms with Crippen molar-refractivity contribution < 1.29 is 9.53 Å². The zero-order valence-electron chi connectivity index (χ0n) is 4.86. The first-order valence-corrected chi connectivity index (χ1v) is 3.80. The van der Waals surface area contributed by atoms with Crippen molar-refractivity contribution >= 4 is 38.0 Å². The minimum absolute atomic E-state index is 0.211. The molecule has 3 nitrogen and oxygen atoms in total. The van der Waals surface area contributed by atoms with E-state index in [9.17, 15) is 4.79 Å². The summed E-state index contributed by atoms with van der Waals surface area (Å²) in [6.07, 6.45) is -0.764. The van der Waals surface area contributed by atoms with Crippen LogP contribution in [0.15, 0.2) is 0 Å². The van der Waals surface area contributed by atoms with Gasteiger partial charge in [-0.05, 0) is 6.92 Å². The number of alkyl halides is 2. The van der Waals surface area contributed by atoms with Crippen LogP contribution in [-0.4, -0.2) is 15.9 Å². The molecule has 0 aromatic carbocycles. The number of amides is 1. The van der Waals surface area contributed by atoms with Crippen LogP contribution in [0.25, 0.3) is 0 Å². The van der Waals surface area contributed by atoms with E-state index in [4.69, 9.17) is 5.73 Å². The van der Waals surface area contributed by atoms with Gasteiger partial charge in [-0.3, -0.25) is 0 Å². The van der Waals surface area contributed by atoms with Crippen molar-refractivity contribution in [2.75, 3.05) is 6.61 Å². The van der Waals surface area contributed by atoms with Crippen molar-refractivity contribution in [3.63, 3.8) is 0 Å². The largest absolute Gasteiger partial charge is 0.447 e. The van der Waals surface area contributed by atoms with Crippen molar-refractivity contribution in [2.45, 2.75) is 10.2 Å². The molecule has 0 aliphatic carbocycles. The minimum Gasteiger partial charge on any atom is -0.447 e. The van der Waals surface area contributed by atoms with Crippen LogP contribution in [0.1, 0.15) is 6.92 Å². The van der Waals surface area contributed by atoms with Gasteiger partial charge in [0.2, 0.25) is 0 Å². The highest BCUT2D eigenvalue weighted by Gasteiger charge is 2.16. The molecule has 0 aromatic rings. The number of primary amides is 1. The molecule has 9 heavy (non-hydrogen) atoms. The summed E-state index contributed by atoms with van der Waals surface area (Å²) in [4.78, 5) is 10.0. The summed E-state index contributed by atoms with van der Waals surface area (Å²) in [7, 11) is 0. The Bertz CT molecular complexity index is 110. The highest BCUT2D eigenvalue weighted by molar-refractivity contribution is 9.25. The van der Waals surface area contributed by atoms with Gasteiger partial charge >= 0.3 is 6.09 Å². The molecule has 0 aliphatic rings. The molecule has 0 radical (unpaired) electrons. The Morgan fingerprint density at radius 2 is 2.22 bits per heavy atom. The maximum atomic E-state index is 10.0. The standard InChI is InChI=1S/C4H7Br2NO2/c1-4(5,6)2-9-3(7)8/h2H2,1H3,(H2,7,8). The van der Waals surface area contributed by atoms with Gasteiger partial charge in [0.15, 0.2) is 0 Å². The van der Waals surface area contributed by atoms with Crippen molar-refractivity contribution in [3.05, 3.63) is 0 Å². The molecule has 0 fully saturated rings. The number of hydrogen-bond donors (Lipinski definition) is 1. The maximum Gasteiger partial charge on any atom is 0.404 e. The fourth-order valence-electron chi connectivity index (χ4n) is 0.198. The topological polar surface area (TPSA) is 52.3 Å². The summed E-state index contributed by atoms with van der Waals surface area (Å²) < 4.78 is 4.09. The maximum absolute atomic E-state index is 10.0. The second-order valence-electron chi connectivity index (χ2n) is 1.68. The zero-order valence-corrected chi connectivity index (χ0v) is 8.03. The predicted molar refractivity (Wildman–Crippen MR) is 41.8 cm³/mol. The summed E-state index contributed by atoms with van der Waals surface area (Å²) in [6.45, 7) is 2.01. The van der Waals surface area contributed by atoms with E-state index in [2.05, 4.69) is 36.6 Å². The number of rotatable bonds is 2. The van der Waals surface area contributed by atoms with Crippen LogP contribution in [-0.2, 0) is 4.74 Å². The van der Waals surface area contributed by atoms with Gasteiger partial charge in [-0.15, -0.1) is 0 Å². The molecule has 0 bridgehead atoms. The second-order valence-corrected chi connectivity index (χ2v) is 6.24. The van der Waals surface area contributed by atoms with Gasteiger partial charge in [-0.2, -0.15) is 0 Å². The fourth-order valence-corrected chi connectivity index (χ4v) is 0.427. The zero-order chi connectivity index (χ0) is 7.49. The average Bonchev–Trinajstić information content (AvgIpc) is 1.59. The third-order valence-electron chi connectivity index (χ3n) is 0.468. The third kappa shape index (κ3) is 8.23. The highest BCUT2D eigenvalue weighted by atomic mass is 79.9. The quantitative estimate of drug-likeness (QED) is 0.767. The first-order chi connectivity index (χ1) is 3.92. The minimum atomic E-state index is -0.764. The lowest BCUT2D eigenvalue weighted by molar-refractivity contribution is 0.157. The Morgan fingerprint density at radius 3 is 2.33 bits per heavy atom. The molecule has 0 spiro atoms. The third-order valence-corrected chi connectivity index (χ3v) is 0.926. The van der Waals surface area contributed by atoms with E-state index in [1.807, 2.05) is 0 Å². The van der Waals surface area contributed by atoms with Gasteiger partial charge < -0.3 is 10.5 Å². The molecular formula is C4H7Br2NO2. The fraction of sp³-hybridized carbons (Fsp3) is 0.750. The summed E-state index contributed by atoms with van der Waals surface area (Å²) in [5, 5.41) is 0. The van der Waals surface area contributed by atoms with E-state index in [1.165, 1.54) is 0 Å². The smallest absolute Gasteiger partial charge is 0.404 e. The van der Waals surface area contributed by atoms with Crippen LogP contribution in [0.2, 0.25) is 0 Å². The van der Waals surface area contributed by atoms with Crippen LogP contribution in [0, 0.1) is 0 Å². The molecule has 0 saturated heterocycles. The van der Waals surface area contributed by atoms with Crippen LogP contribution in [0.3, 0.4) is 0 Å². The lowest BCUT2D eigenvalue weighted by Crippen LogP contribution is -2.22. The van der Waals surface area contributed by atoms with Crippen LogP contribution in [0.5, 0.6) is 0 Å². The molecule has 0 aliphatic heterocycles. The molecule has 0 saturated carbocycles. The van der Waals surface area contributed by atoms with Crippen LogP contribution >= 0.6 is 31.9 Å². The van der Waals surface area contributed by atoms with Crippen molar-refractivity contribution in [1.29, 1.82) is 0 Å². The van der Waals surface area contributed by atoms with Gasteiger partial charge in [0.25, 0.3) is 0 Å². The number of hydrogen-bond acceptors (Lipinski definition) is 2. The second kappa shape index (κ2) is 3.41. The molecular weight excluding hydrogens is 254 g/mol.